The van der Waals surface area contributed by atoms with E-state index < -0.39 is 0 Å². The topological polar surface area (TPSA) is 67.1 Å². The van der Waals surface area contributed by atoms with E-state index in [1.165, 1.54) is 5.56 Å². The van der Waals surface area contributed by atoms with E-state index in [9.17, 15) is 0 Å². The monoisotopic (exact) mass is 311 g/mol. The Morgan fingerprint density at radius 3 is 2.60 bits per heavy atom. The number of aromatic nitrogens is 2. The van der Waals surface area contributed by atoms with E-state index in [2.05, 4.69) is 15.4 Å². The van der Waals surface area contributed by atoms with Crippen LogP contribution >= 0.6 is 23.2 Å². The van der Waals surface area contributed by atoms with Crippen molar-refractivity contribution in [3.8, 4) is 0 Å². The van der Waals surface area contributed by atoms with Crippen LogP contribution in [0.25, 0.3) is 0 Å². The first kappa shape index (κ1) is 14.8. The Hall–Kier alpha value is -1.56. The second-order valence-corrected chi connectivity index (χ2v) is 5.11. The zero-order chi connectivity index (χ0) is 14.5. The highest BCUT2D eigenvalue weighted by Crippen LogP contribution is 2.30. The summed E-state index contributed by atoms with van der Waals surface area (Å²) in [4.78, 5) is 10.3. The van der Waals surface area contributed by atoms with Gasteiger partial charge in [0.15, 0.2) is 5.82 Å². The largest absolute Gasteiger partial charge is 0.358 e. The molecule has 0 aliphatic heterocycles. The summed E-state index contributed by atoms with van der Waals surface area (Å²) in [6.07, 6.45) is 4.42. The van der Waals surface area contributed by atoms with E-state index in [1.807, 2.05) is 24.1 Å². The first-order chi connectivity index (χ1) is 9.61. The molecule has 7 heteroatoms. The standard InChI is InChI=1S/C13H15Cl2N5/c1-20(7-4-9-2-5-17-6-3-9)13-11(15)8-10(14)12(18-13)19-16/h2-3,5-6,8H,4,7,16H2,1H3,(H,18,19). The number of halogens is 2. The first-order valence-electron chi connectivity index (χ1n) is 6.04. The quantitative estimate of drug-likeness (QED) is 0.656. The summed E-state index contributed by atoms with van der Waals surface area (Å²) >= 11 is 12.1. The van der Waals surface area contributed by atoms with Crippen molar-refractivity contribution in [2.75, 3.05) is 23.9 Å². The Labute approximate surface area is 127 Å². The van der Waals surface area contributed by atoms with Gasteiger partial charge >= 0.3 is 0 Å². The number of hydrogen-bond acceptors (Lipinski definition) is 5. The maximum atomic E-state index is 6.17. The third kappa shape index (κ3) is 3.50. The molecule has 0 saturated carbocycles. The highest BCUT2D eigenvalue weighted by Gasteiger charge is 2.12. The van der Waals surface area contributed by atoms with Gasteiger partial charge in [-0.05, 0) is 30.2 Å². The molecule has 106 valence electrons. The summed E-state index contributed by atoms with van der Waals surface area (Å²) in [5.41, 5.74) is 3.66. The molecule has 0 spiro atoms. The van der Waals surface area contributed by atoms with Gasteiger partial charge in [0.25, 0.3) is 0 Å². The summed E-state index contributed by atoms with van der Waals surface area (Å²) in [6.45, 7) is 0.766. The second-order valence-electron chi connectivity index (χ2n) is 4.30. The smallest absolute Gasteiger partial charge is 0.161 e. The molecule has 0 aromatic carbocycles. The SMILES string of the molecule is CN(CCc1ccncc1)c1nc(NN)c(Cl)cc1Cl. The minimum Gasteiger partial charge on any atom is -0.358 e. The van der Waals surface area contributed by atoms with Crippen LogP contribution < -0.4 is 16.2 Å². The van der Waals surface area contributed by atoms with Crippen molar-refractivity contribution in [1.29, 1.82) is 0 Å². The fourth-order valence-electron chi connectivity index (χ4n) is 1.78. The summed E-state index contributed by atoms with van der Waals surface area (Å²) in [5.74, 6) is 6.41. The third-order valence-corrected chi connectivity index (χ3v) is 3.46. The van der Waals surface area contributed by atoms with Gasteiger partial charge in [-0.3, -0.25) is 4.98 Å². The average molecular weight is 312 g/mol. The number of pyridine rings is 2. The molecule has 0 atom stereocenters. The number of hydrazine groups is 1. The molecule has 2 heterocycles. The van der Waals surface area contributed by atoms with Gasteiger partial charge in [-0.15, -0.1) is 0 Å². The minimum atomic E-state index is 0.392. The summed E-state index contributed by atoms with van der Waals surface area (Å²) in [7, 11) is 1.92. The lowest BCUT2D eigenvalue weighted by Crippen LogP contribution is -2.22. The van der Waals surface area contributed by atoms with E-state index in [4.69, 9.17) is 29.0 Å². The van der Waals surface area contributed by atoms with Crippen LogP contribution in [0.3, 0.4) is 0 Å². The number of rotatable bonds is 5. The fraction of sp³-hybridized carbons (Fsp3) is 0.231. The molecule has 0 aliphatic rings. The van der Waals surface area contributed by atoms with Crippen LogP contribution in [0, 0.1) is 0 Å². The molecule has 20 heavy (non-hydrogen) atoms. The van der Waals surface area contributed by atoms with Crippen molar-refractivity contribution in [2.24, 2.45) is 5.84 Å². The van der Waals surface area contributed by atoms with E-state index in [1.54, 1.807) is 18.5 Å². The van der Waals surface area contributed by atoms with Gasteiger partial charge in [0.1, 0.15) is 5.82 Å². The van der Waals surface area contributed by atoms with Crippen LogP contribution in [0.15, 0.2) is 30.6 Å². The number of likely N-dealkylation sites (N-methyl/N-ethyl adjacent to an activating group) is 1. The Morgan fingerprint density at radius 1 is 1.25 bits per heavy atom. The highest BCUT2D eigenvalue weighted by atomic mass is 35.5. The number of anilines is 2. The van der Waals surface area contributed by atoms with Crippen molar-refractivity contribution in [3.63, 3.8) is 0 Å². The summed E-state index contributed by atoms with van der Waals surface area (Å²) in [5, 5.41) is 0.884. The molecule has 0 unspecified atom stereocenters. The van der Waals surface area contributed by atoms with Gasteiger partial charge in [0.05, 0.1) is 10.0 Å². The molecular formula is C13H15Cl2N5. The molecule has 5 nitrogen and oxygen atoms in total. The Bertz CT molecular complexity index is 576. The lowest BCUT2D eigenvalue weighted by atomic mass is 10.2. The molecule has 0 fully saturated rings. The molecule has 2 aromatic heterocycles. The van der Waals surface area contributed by atoms with Crippen molar-refractivity contribution in [1.82, 2.24) is 9.97 Å². The van der Waals surface area contributed by atoms with Gasteiger partial charge < -0.3 is 10.3 Å². The predicted molar refractivity (Wildman–Crippen MR) is 83.3 cm³/mol. The fourth-order valence-corrected chi connectivity index (χ4v) is 2.34. The van der Waals surface area contributed by atoms with Gasteiger partial charge in [-0.2, -0.15) is 0 Å². The molecule has 2 aromatic rings. The summed E-state index contributed by atoms with van der Waals surface area (Å²) in [6, 6.07) is 5.60. The van der Waals surface area contributed by atoms with Gasteiger partial charge in [0.2, 0.25) is 0 Å². The van der Waals surface area contributed by atoms with E-state index >= 15 is 0 Å². The predicted octanol–water partition coefficient (Wildman–Crippen LogP) is 2.75. The molecular weight excluding hydrogens is 297 g/mol. The van der Waals surface area contributed by atoms with Crippen LogP contribution in [0.1, 0.15) is 5.56 Å². The lowest BCUT2D eigenvalue weighted by molar-refractivity contribution is 0.858. The highest BCUT2D eigenvalue weighted by molar-refractivity contribution is 6.37. The van der Waals surface area contributed by atoms with E-state index in [-0.39, 0.29) is 0 Å². The zero-order valence-corrected chi connectivity index (χ0v) is 12.5. The van der Waals surface area contributed by atoms with Crippen molar-refractivity contribution < 1.29 is 0 Å². The Balaban J connectivity index is 2.11. The van der Waals surface area contributed by atoms with Gasteiger partial charge in [-0.1, -0.05) is 23.2 Å². The second kappa shape index (κ2) is 6.74. The maximum Gasteiger partial charge on any atom is 0.161 e. The lowest BCUT2D eigenvalue weighted by Gasteiger charge is -2.20. The van der Waals surface area contributed by atoms with Crippen LogP contribution in [0.4, 0.5) is 11.6 Å². The molecule has 0 radical (unpaired) electrons. The molecule has 0 aliphatic carbocycles. The first-order valence-corrected chi connectivity index (χ1v) is 6.80. The van der Waals surface area contributed by atoms with Crippen LogP contribution in [0.5, 0.6) is 0 Å². The Kier molecular flexibility index (Phi) is 5.00. The van der Waals surface area contributed by atoms with Crippen molar-refractivity contribution >= 4 is 34.8 Å². The molecule has 3 N–H and O–H groups in total. The number of nitrogens with one attached hydrogen (secondary N) is 1. The number of nitrogen functional groups attached to an aromatic ring is 1. The van der Waals surface area contributed by atoms with Crippen LogP contribution in [0.2, 0.25) is 10.0 Å². The molecule has 0 bridgehead atoms. The summed E-state index contributed by atoms with van der Waals surface area (Å²) < 4.78 is 0. The number of nitrogens with two attached hydrogens (primary N) is 1. The third-order valence-electron chi connectivity index (χ3n) is 2.89. The Morgan fingerprint density at radius 2 is 1.95 bits per heavy atom. The van der Waals surface area contributed by atoms with Gasteiger partial charge in [-0.25, -0.2) is 10.8 Å². The van der Waals surface area contributed by atoms with Crippen LogP contribution in [-0.2, 0) is 6.42 Å². The van der Waals surface area contributed by atoms with Crippen LogP contribution in [-0.4, -0.2) is 23.6 Å². The zero-order valence-electron chi connectivity index (χ0n) is 11.0. The normalized spacial score (nSPS) is 10.4. The average Bonchev–Trinajstić information content (AvgIpc) is 2.46. The minimum absolute atomic E-state index is 0.392. The molecule has 0 amide bonds. The molecule has 2 rings (SSSR count). The van der Waals surface area contributed by atoms with E-state index in [0.717, 1.165) is 13.0 Å². The van der Waals surface area contributed by atoms with Crippen molar-refractivity contribution in [3.05, 3.63) is 46.2 Å². The van der Waals surface area contributed by atoms with Gasteiger partial charge in [0, 0.05) is 26.0 Å². The number of hydrogen-bond donors (Lipinski definition) is 2. The maximum absolute atomic E-state index is 6.17. The molecule has 0 saturated heterocycles. The van der Waals surface area contributed by atoms with Crippen molar-refractivity contribution in [2.45, 2.75) is 6.42 Å². The van der Waals surface area contributed by atoms with E-state index in [0.29, 0.717) is 21.7 Å². The number of nitrogens with zero attached hydrogens (tertiary/aromatic N) is 3.